The lowest BCUT2D eigenvalue weighted by Gasteiger charge is -2.27. The van der Waals surface area contributed by atoms with Crippen molar-refractivity contribution < 1.29 is 0 Å². The molecular formula is C15H20N4. The maximum absolute atomic E-state index is 9.38. The van der Waals surface area contributed by atoms with Gasteiger partial charge in [-0.15, -0.1) is 0 Å². The molecule has 100 valence electrons. The molecular weight excluding hydrogens is 236 g/mol. The third-order valence-electron chi connectivity index (χ3n) is 4.32. The van der Waals surface area contributed by atoms with Crippen LogP contribution >= 0.6 is 0 Å². The molecule has 0 bridgehead atoms. The van der Waals surface area contributed by atoms with Gasteiger partial charge in [0.25, 0.3) is 0 Å². The van der Waals surface area contributed by atoms with Gasteiger partial charge < -0.3 is 10.2 Å². The van der Waals surface area contributed by atoms with Crippen LogP contribution in [0.15, 0.2) is 6.07 Å². The minimum absolute atomic E-state index is 0.459. The average molecular weight is 256 g/mol. The molecule has 4 heteroatoms. The van der Waals surface area contributed by atoms with Gasteiger partial charge in [-0.1, -0.05) is 0 Å². The first kappa shape index (κ1) is 12.4. The van der Waals surface area contributed by atoms with Crippen LogP contribution < -0.4 is 10.2 Å². The quantitative estimate of drug-likeness (QED) is 0.874. The Labute approximate surface area is 114 Å². The third kappa shape index (κ3) is 2.31. The highest BCUT2D eigenvalue weighted by atomic mass is 15.2. The van der Waals surface area contributed by atoms with E-state index in [2.05, 4.69) is 29.4 Å². The Bertz CT molecular complexity index is 512. The molecule has 1 aliphatic heterocycles. The standard InChI is InChI=1S/C15H20N4/c1-19(13-6-7-17-10-13)15-12(9-16)8-11-4-2-3-5-14(11)18-15/h8,13,17H,2-7,10H2,1H3. The van der Waals surface area contributed by atoms with Crippen LogP contribution in [0.25, 0.3) is 0 Å². The van der Waals surface area contributed by atoms with E-state index in [1.54, 1.807) is 0 Å². The average Bonchev–Trinajstić information content (AvgIpc) is 2.99. The van der Waals surface area contributed by atoms with Crippen molar-refractivity contribution in [1.82, 2.24) is 10.3 Å². The molecule has 2 aliphatic rings. The van der Waals surface area contributed by atoms with Crippen LogP contribution in [0.2, 0.25) is 0 Å². The summed E-state index contributed by atoms with van der Waals surface area (Å²) >= 11 is 0. The Hall–Kier alpha value is -1.60. The molecule has 0 aromatic carbocycles. The van der Waals surface area contributed by atoms with E-state index in [-0.39, 0.29) is 0 Å². The molecule has 3 rings (SSSR count). The van der Waals surface area contributed by atoms with Crippen molar-refractivity contribution >= 4 is 5.82 Å². The molecule has 1 aromatic rings. The van der Waals surface area contributed by atoms with Gasteiger partial charge in [-0.05, 0) is 50.3 Å². The highest BCUT2D eigenvalue weighted by molar-refractivity contribution is 5.56. The second-order valence-corrected chi connectivity index (χ2v) is 5.54. The zero-order valence-corrected chi connectivity index (χ0v) is 11.4. The first-order valence-electron chi connectivity index (χ1n) is 7.16. The zero-order valence-electron chi connectivity index (χ0n) is 11.4. The molecule has 1 unspecified atom stereocenters. The maximum Gasteiger partial charge on any atom is 0.146 e. The number of pyridine rings is 1. The van der Waals surface area contributed by atoms with E-state index in [0.717, 1.165) is 43.7 Å². The van der Waals surface area contributed by atoms with Crippen LogP contribution in [0.4, 0.5) is 5.82 Å². The Morgan fingerprint density at radius 2 is 2.26 bits per heavy atom. The highest BCUT2D eigenvalue weighted by Gasteiger charge is 2.24. The highest BCUT2D eigenvalue weighted by Crippen LogP contribution is 2.27. The number of hydrogen-bond donors (Lipinski definition) is 1. The Morgan fingerprint density at radius 1 is 1.42 bits per heavy atom. The summed E-state index contributed by atoms with van der Waals surface area (Å²) in [6.07, 6.45) is 5.71. The molecule has 1 atom stereocenters. The summed E-state index contributed by atoms with van der Waals surface area (Å²) in [5.41, 5.74) is 3.22. The van der Waals surface area contributed by atoms with Gasteiger partial charge in [-0.2, -0.15) is 5.26 Å². The van der Waals surface area contributed by atoms with E-state index >= 15 is 0 Å². The van der Waals surface area contributed by atoms with Crippen LogP contribution in [0.1, 0.15) is 36.1 Å². The first-order chi connectivity index (χ1) is 9.29. The number of hydrogen-bond acceptors (Lipinski definition) is 4. The van der Waals surface area contributed by atoms with Crippen LogP contribution in [0, 0.1) is 11.3 Å². The van der Waals surface area contributed by atoms with E-state index in [4.69, 9.17) is 4.98 Å². The molecule has 1 aliphatic carbocycles. The van der Waals surface area contributed by atoms with E-state index in [9.17, 15) is 5.26 Å². The lowest BCUT2D eigenvalue weighted by atomic mass is 9.94. The molecule has 0 radical (unpaired) electrons. The molecule has 1 N–H and O–H groups in total. The normalized spacial score (nSPS) is 21.8. The zero-order chi connectivity index (χ0) is 13.2. The fourth-order valence-corrected chi connectivity index (χ4v) is 3.12. The van der Waals surface area contributed by atoms with Gasteiger partial charge in [0.05, 0.1) is 5.56 Å². The van der Waals surface area contributed by atoms with Crippen molar-refractivity contribution in [3.05, 3.63) is 22.9 Å². The van der Waals surface area contributed by atoms with Gasteiger partial charge in [0.1, 0.15) is 11.9 Å². The summed E-state index contributed by atoms with van der Waals surface area (Å²) in [5.74, 6) is 0.872. The van der Waals surface area contributed by atoms with Crippen LogP contribution in [0.5, 0.6) is 0 Å². The monoisotopic (exact) mass is 256 g/mol. The van der Waals surface area contributed by atoms with E-state index in [1.807, 2.05) is 0 Å². The SMILES string of the molecule is CN(c1nc2c(cc1C#N)CCCC2)C1CCNC1. The Morgan fingerprint density at radius 3 is 3.00 bits per heavy atom. The molecule has 2 heterocycles. The lowest BCUT2D eigenvalue weighted by Crippen LogP contribution is -2.34. The summed E-state index contributed by atoms with van der Waals surface area (Å²) in [5, 5.41) is 12.7. The Kier molecular flexibility index (Phi) is 3.39. The van der Waals surface area contributed by atoms with Crippen molar-refractivity contribution in [1.29, 1.82) is 5.26 Å². The van der Waals surface area contributed by atoms with Gasteiger partial charge >= 0.3 is 0 Å². The molecule has 0 saturated carbocycles. The van der Waals surface area contributed by atoms with Crippen LogP contribution in [-0.4, -0.2) is 31.2 Å². The molecule has 0 amide bonds. The van der Waals surface area contributed by atoms with Gasteiger partial charge in [0.15, 0.2) is 0 Å². The van der Waals surface area contributed by atoms with Gasteiger partial charge in [-0.3, -0.25) is 0 Å². The number of nitrogens with one attached hydrogen (secondary N) is 1. The topological polar surface area (TPSA) is 52.0 Å². The maximum atomic E-state index is 9.38. The summed E-state index contributed by atoms with van der Waals surface area (Å²) in [6.45, 7) is 2.04. The smallest absolute Gasteiger partial charge is 0.146 e. The summed E-state index contributed by atoms with van der Waals surface area (Å²) < 4.78 is 0. The number of aryl methyl sites for hydroxylation is 2. The van der Waals surface area contributed by atoms with Crippen LogP contribution in [0.3, 0.4) is 0 Å². The second-order valence-electron chi connectivity index (χ2n) is 5.54. The van der Waals surface area contributed by atoms with E-state index in [0.29, 0.717) is 6.04 Å². The molecule has 4 nitrogen and oxygen atoms in total. The van der Waals surface area contributed by atoms with Crippen molar-refractivity contribution in [2.24, 2.45) is 0 Å². The third-order valence-corrected chi connectivity index (χ3v) is 4.32. The molecule has 1 saturated heterocycles. The van der Waals surface area contributed by atoms with Crippen molar-refractivity contribution in [3.8, 4) is 6.07 Å². The molecule has 1 fully saturated rings. The number of anilines is 1. The fourth-order valence-electron chi connectivity index (χ4n) is 3.12. The molecule has 19 heavy (non-hydrogen) atoms. The van der Waals surface area contributed by atoms with Gasteiger partial charge in [0, 0.05) is 25.3 Å². The fraction of sp³-hybridized carbons (Fsp3) is 0.600. The van der Waals surface area contributed by atoms with E-state index in [1.165, 1.54) is 24.1 Å². The lowest BCUT2D eigenvalue weighted by molar-refractivity contribution is 0.649. The summed E-state index contributed by atoms with van der Waals surface area (Å²) in [4.78, 5) is 6.99. The summed E-state index contributed by atoms with van der Waals surface area (Å²) in [7, 11) is 2.07. The largest absolute Gasteiger partial charge is 0.354 e. The number of likely N-dealkylation sites (N-methyl/N-ethyl adjacent to an activating group) is 1. The van der Waals surface area contributed by atoms with Crippen molar-refractivity contribution in [2.45, 2.75) is 38.1 Å². The van der Waals surface area contributed by atoms with Crippen LogP contribution in [-0.2, 0) is 12.8 Å². The molecule has 1 aromatic heterocycles. The predicted octanol–water partition coefficient (Wildman–Crippen LogP) is 1.63. The van der Waals surface area contributed by atoms with Gasteiger partial charge in [0.2, 0.25) is 0 Å². The van der Waals surface area contributed by atoms with Gasteiger partial charge in [-0.25, -0.2) is 4.98 Å². The number of rotatable bonds is 2. The predicted molar refractivity (Wildman–Crippen MR) is 75.3 cm³/mol. The number of nitriles is 1. The second kappa shape index (κ2) is 5.18. The Balaban J connectivity index is 1.97. The number of aromatic nitrogens is 1. The van der Waals surface area contributed by atoms with E-state index < -0.39 is 0 Å². The number of nitrogens with zero attached hydrogens (tertiary/aromatic N) is 3. The number of fused-ring (bicyclic) bond motifs is 1. The minimum atomic E-state index is 0.459. The summed E-state index contributed by atoms with van der Waals surface area (Å²) in [6, 6.07) is 4.85. The first-order valence-corrected chi connectivity index (χ1v) is 7.16. The minimum Gasteiger partial charge on any atom is -0.354 e. The van der Waals surface area contributed by atoms with Crippen molar-refractivity contribution in [3.63, 3.8) is 0 Å². The molecule has 0 spiro atoms. The van der Waals surface area contributed by atoms with Crippen molar-refractivity contribution in [2.75, 3.05) is 25.0 Å².